The van der Waals surface area contributed by atoms with Crippen LogP contribution in [0.5, 0.6) is 0 Å². The predicted molar refractivity (Wildman–Crippen MR) is 48.0 cm³/mol. The maximum absolute atomic E-state index is 11.7. The van der Waals surface area contributed by atoms with E-state index in [-0.39, 0.29) is 5.92 Å². The van der Waals surface area contributed by atoms with Crippen molar-refractivity contribution in [3.05, 3.63) is 0 Å². The van der Waals surface area contributed by atoms with Crippen molar-refractivity contribution in [2.24, 2.45) is 5.92 Å². The number of alkyl halides is 4. The molecule has 0 aliphatic carbocycles. The summed E-state index contributed by atoms with van der Waals surface area (Å²) in [5.74, 6) is 0.756. The van der Waals surface area contributed by atoms with Gasteiger partial charge in [0, 0.05) is 5.88 Å². The minimum atomic E-state index is -4.11. The Hall–Kier alpha value is 0.0400. The van der Waals surface area contributed by atoms with Crippen LogP contribution in [0, 0.1) is 5.92 Å². The number of hydrogen-bond donors (Lipinski definition) is 1. The van der Waals surface area contributed by atoms with E-state index in [9.17, 15) is 13.2 Å². The largest absolute Gasteiger partial charge is 0.401 e. The van der Waals surface area contributed by atoms with E-state index in [1.54, 1.807) is 0 Å². The molecule has 0 aromatic rings. The quantitative estimate of drug-likeness (QED) is 0.675. The smallest absolute Gasteiger partial charge is 0.308 e. The van der Waals surface area contributed by atoms with Crippen molar-refractivity contribution in [1.29, 1.82) is 0 Å². The third-order valence-corrected chi connectivity index (χ3v) is 2.07. The summed E-state index contributed by atoms with van der Waals surface area (Å²) >= 11 is 5.49. The molecule has 1 unspecified atom stereocenters. The zero-order valence-electron chi connectivity index (χ0n) is 7.62. The van der Waals surface area contributed by atoms with E-state index >= 15 is 0 Å². The molecule has 0 aromatic carbocycles. The Bertz CT molecular complexity index is 127. The molecule has 0 aliphatic heterocycles. The number of hydrogen-bond acceptors (Lipinski definition) is 1. The first-order valence-corrected chi connectivity index (χ1v) is 4.86. The average Bonchev–Trinajstić information content (AvgIpc) is 2.01. The summed E-state index contributed by atoms with van der Waals surface area (Å²) in [4.78, 5) is 0. The first-order valence-electron chi connectivity index (χ1n) is 4.33. The van der Waals surface area contributed by atoms with Crippen molar-refractivity contribution >= 4 is 11.6 Å². The molecule has 0 amide bonds. The SMILES string of the molecule is CCC(CCCl)CNCC(F)(F)F. The van der Waals surface area contributed by atoms with Gasteiger partial charge in [0.1, 0.15) is 0 Å². The lowest BCUT2D eigenvalue weighted by Gasteiger charge is -2.15. The van der Waals surface area contributed by atoms with Gasteiger partial charge in [-0.25, -0.2) is 0 Å². The molecule has 0 fully saturated rings. The van der Waals surface area contributed by atoms with E-state index in [0.717, 1.165) is 12.8 Å². The molecule has 0 spiro atoms. The zero-order chi connectivity index (χ0) is 10.3. The molecule has 0 saturated heterocycles. The third kappa shape index (κ3) is 8.37. The summed E-state index contributed by atoms with van der Waals surface area (Å²) in [6.45, 7) is 1.43. The lowest BCUT2D eigenvalue weighted by molar-refractivity contribution is -0.125. The maximum Gasteiger partial charge on any atom is 0.401 e. The molecule has 0 aliphatic rings. The van der Waals surface area contributed by atoms with Crippen LogP contribution in [0.15, 0.2) is 0 Å². The Morgan fingerprint density at radius 2 is 2.00 bits per heavy atom. The molecule has 1 nitrogen and oxygen atoms in total. The third-order valence-electron chi connectivity index (χ3n) is 1.85. The van der Waals surface area contributed by atoms with Gasteiger partial charge in [-0.15, -0.1) is 11.6 Å². The number of halogens is 4. The maximum atomic E-state index is 11.7. The van der Waals surface area contributed by atoms with Crippen LogP contribution in [-0.2, 0) is 0 Å². The van der Waals surface area contributed by atoms with Crippen LogP contribution in [-0.4, -0.2) is 25.1 Å². The van der Waals surface area contributed by atoms with Gasteiger partial charge in [-0.1, -0.05) is 13.3 Å². The molecule has 0 rings (SSSR count). The lowest BCUT2D eigenvalue weighted by Crippen LogP contribution is -2.32. The average molecular weight is 218 g/mol. The highest BCUT2D eigenvalue weighted by Gasteiger charge is 2.26. The van der Waals surface area contributed by atoms with Crippen LogP contribution in [0.3, 0.4) is 0 Å². The van der Waals surface area contributed by atoms with E-state index in [0.29, 0.717) is 12.4 Å². The van der Waals surface area contributed by atoms with E-state index in [4.69, 9.17) is 11.6 Å². The summed E-state index contributed by atoms with van der Waals surface area (Å²) in [5, 5.41) is 2.38. The molecule has 0 heterocycles. The second-order valence-electron chi connectivity index (χ2n) is 3.00. The molecule has 0 aromatic heterocycles. The Kier molecular flexibility index (Phi) is 6.51. The van der Waals surface area contributed by atoms with Crippen LogP contribution in [0.4, 0.5) is 13.2 Å². The first-order chi connectivity index (χ1) is 5.99. The molecule has 0 saturated carbocycles. The molecular formula is C8H15ClF3N. The fraction of sp³-hybridized carbons (Fsp3) is 1.00. The molecule has 0 radical (unpaired) electrons. The zero-order valence-corrected chi connectivity index (χ0v) is 8.38. The van der Waals surface area contributed by atoms with E-state index in [1.807, 2.05) is 6.92 Å². The van der Waals surface area contributed by atoms with Gasteiger partial charge in [0.25, 0.3) is 0 Å². The summed E-state index contributed by atoms with van der Waals surface area (Å²) in [6, 6.07) is 0. The van der Waals surface area contributed by atoms with Gasteiger partial charge in [0.15, 0.2) is 0 Å². The van der Waals surface area contributed by atoms with Crippen molar-refractivity contribution in [2.45, 2.75) is 25.9 Å². The van der Waals surface area contributed by atoms with Crippen molar-refractivity contribution in [2.75, 3.05) is 19.0 Å². The monoisotopic (exact) mass is 217 g/mol. The molecule has 13 heavy (non-hydrogen) atoms. The van der Waals surface area contributed by atoms with Gasteiger partial charge in [0.05, 0.1) is 6.54 Å². The van der Waals surface area contributed by atoms with Crippen LogP contribution < -0.4 is 5.32 Å². The molecule has 0 bridgehead atoms. The molecule has 80 valence electrons. The van der Waals surface area contributed by atoms with Crippen LogP contribution in [0.25, 0.3) is 0 Å². The van der Waals surface area contributed by atoms with E-state index in [2.05, 4.69) is 5.32 Å². The van der Waals surface area contributed by atoms with Crippen molar-refractivity contribution in [1.82, 2.24) is 5.32 Å². The van der Waals surface area contributed by atoms with Crippen LogP contribution in [0.1, 0.15) is 19.8 Å². The Morgan fingerprint density at radius 1 is 1.38 bits per heavy atom. The van der Waals surface area contributed by atoms with Gasteiger partial charge in [-0.2, -0.15) is 13.2 Å². The standard InChI is InChI=1S/C8H15ClF3N/c1-2-7(3-4-9)5-13-6-8(10,11)12/h7,13H,2-6H2,1H3. The van der Waals surface area contributed by atoms with Gasteiger partial charge < -0.3 is 5.32 Å². The topological polar surface area (TPSA) is 12.0 Å². The fourth-order valence-electron chi connectivity index (χ4n) is 1.02. The molecule has 1 atom stereocenters. The van der Waals surface area contributed by atoms with Crippen molar-refractivity contribution < 1.29 is 13.2 Å². The summed E-state index contributed by atoms with van der Waals surface area (Å²) in [5.41, 5.74) is 0. The number of rotatable bonds is 6. The Labute approximate surface area is 81.6 Å². The van der Waals surface area contributed by atoms with Gasteiger partial charge in [-0.3, -0.25) is 0 Å². The minimum absolute atomic E-state index is 0.250. The molecular weight excluding hydrogens is 203 g/mol. The lowest BCUT2D eigenvalue weighted by atomic mass is 10.0. The Morgan fingerprint density at radius 3 is 2.38 bits per heavy atom. The predicted octanol–water partition coefficient (Wildman–Crippen LogP) is 2.79. The second-order valence-corrected chi connectivity index (χ2v) is 3.38. The van der Waals surface area contributed by atoms with Gasteiger partial charge in [0.2, 0.25) is 0 Å². The highest BCUT2D eigenvalue weighted by Crippen LogP contribution is 2.13. The summed E-state index contributed by atoms with van der Waals surface area (Å²) in [6.07, 6.45) is -2.49. The van der Waals surface area contributed by atoms with Gasteiger partial charge >= 0.3 is 6.18 Å². The fourth-order valence-corrected chi connectivity index (χ4v) is 1.33. The summed E-state index contributed by atoms with van der Waals surface area (Å²) < 4.78 is 35.1. The normalized spacial score (nSPS) is 14.5. The first kappa shape index (κ1) is 13.0. The molecule has 5 heteroatoms. The van der Waals surface area contributed by atoms with Crippen LogP contribution in [0.2, 0.25) is 0 Å². The Balaban J connectivity index is 3.49. The van der Waals surface area contributed by atoms with Crippen molar-refractivity contribution in [3.8, 4) is 0 Å². The van der Waals surface area contributed by atoms with E-state index < -0.39 is 12.7 Å². The number of nitrogens with one attached hydrogen (secondary N) is 1. The molecule has 1 N–H and O–H groups in total. The minimum Gasteiger partial charge on any atom is -0.308 e. The summed E-state index contributed by atoms with van der Waals surface area (Å²) in [7, 11) is 0. The highest BCUT2D eigenvalue weighted by molar-refractivity contribution is 6.17. The van der Waals surface area contributed by atoms with Gasteiger partial charge in [-0.05, 0) is 18.9 Å². The van der Waals surface area contributed by atoms with E-state index in [1.165, 1.54) is 0 Å². The van der Waals surface area contributed by atoms with Crippen LogP contribution >= 0.6 is 11.6 Å². The highest BCUT2D eigenvalue weighted by atomic mass is 35.5. The second kappa shape index (κ2) is 6.49. The van der Waals surface area contributed by atoms with Crippen molar-refractivity contribution in [3.63, 3.8) is 0 Å².